The van der Waals surface area contributed by atoms with Gasteiger partial charge in [0.05, 0.1) is 5.01 Å². The highest BCUT2D eigenvalue weighted by atomic mass is 127. The van der Waals surface area contributed by atoms with Crippen LogP contribution >= 0.6 is 35.3 Å². The molecule has 0 fully saturated rings. The molecule has 8 heavy (non-hydrogen) atoms. The molecule has 0 N–H and O–H groups in total. The number of rotatable bonds is 0. The first-order valence-corrected chi connectivity index (χ1v) is 3.06. The molecule has 1 aromatic heterocycles. The number of thiazole rings is 1. The van der Waals surface area contributed by atoms with Gasteiger partial charge in [-0.25, -0.2) is 4.98 Å². The van der Waals surface area contributed by atoms with E-state index in [9.17, 15) is 0 Å². The van der Waals surface area contributed by atoms with Crippen LogP contribution in [0.1, 0.15) is 10.7 Å². The smallest absolute Gasteiger partial charge is 0.0897 e. The van der Waals surface area contributed by atoms with E-state index >= 15 is 0 Å². The van der Waals surface area contributed by atoms with Crippen LogP contribution in [0.3, 0.4) is 0 Å². The highest BCUT2D eigenvalue weighted by molar-refractivity contribution is 14.0. The van der Waals surface area contributed by atoms with Crippen LogP contribution in [0, 0.1) is 13.8 Å². The molecule has 0 bridgehead atoms. The topological polar surface area (TPSA) is 12.9 Å². The zero-order valence-electron chi connectivity index (χ0n) is 4.84. The van der Waals surface area contributed by atoms with Crippen LogP contribution < -0.4 is 0 Å². The molecule has 0 aliphatic heterocycles. The molecule has 46 valence electrons. The molecular weight excluding hydrogens is 233 g/mol. The summed E-state index contributed by atoms with van der Waals surface area (Å²) >= 11 is 1.69. The van der Waals surface area contributed by atoms with Gasteiger partial charge in [0.2, 0.25) is 0 Å². The van der Waals surface area contributed by atoms with Crippen molar-refractivity contribution in [3.8, 4) is 0 Å². The minimum atomic E-state index is 0. The third-order valence-electron chi connectivity index (χ3n) is 0.734. The van der Waals surface area contributed by atoms with E-state index in [4.69, 9.17) is 0 Å². The molecule has 0 atom stereocenters. The summed E-state index contributed by atoms with van der Waals surface area (Å²) in [4.78, 5) is 4.13. The van der Waals surface area contributed by atoms with Gasteiger partial charge < -0.3 is 0 Å². The van der Waals surface area contributed by atoms with Gasteiger partial charge in [0.25, 0.3) is 0 Å². The molecule has 1 rings (SSSR count). The Morgan fingerprint density at radius 1 is 1.50 bits per heavy atom. The third-order valence-corrected chi connectivity index (χ3v) is 1.63. The van der Waals surface area contributed by atoms with Gasteiger partial charge >= 0.3 is 0 Å². The molecule has 1 heterocycles. The molecule has 0 unspecified atom stereocenters. The lowest BCUT2D eigenvalue weighted by atomic mass is 10.6. The summed E-state index contributed by atoms with van der Waals surface area (Å²) in [5.41, 5.74) is 1.13. The van der Waals surface area contributed by atoms with E-state index in [2.05, 4.69) is 10.4 Å². The Morgan fingerprint density at radius 2 is 2.12 bits per heavy atom. The van der Waals surface area contributed by atoms with E-state index in [1.807, 2.05) is 13.8 Å². The molecule has 0 saturated carbocycles. The van der Waals surface area contributed by atoms with E-state index in [-0.39, 0.29) is 24.0 Å². The lowest BCUT2D eigenvalue weighted by molar-refractivity contribution is 1.20. The van der Waals surface area contributed by atoms with Crippen molar-refractivity contribution >= 4 is 35.3 Å². The average molecular weight is 241 g/mol. The molecule has 0 radical (unpaired) electrons. The zero-order chi connectivity index (χ0) is 5.28. The molecule has 0 saturated heterocycles. The maximum Gasteiger partial charge on any atom is 0.0897 e. The Morgan fingerprint density at radius 3 is 2.25 bits per heavy atom. The Bertz CT molecular complexity index is 145. The van der Waals surface area contributed by atoms with Crippen LogP contribution in [-0.4, -0.2) is 4.98 Å². The van der Waals surface area contributed by atoms with Crippen molar-refractivity contribution in [2.75, 3.05) is 0 Å². The van der Waals surface area contributed by atoms with Gasteiger partial charge in [0.1, 0.15) is 0 Å². The maximum absolute atomic E-state index is 4.13. The fourth-order valence-corrected chi connectivity index (χ4v) is 1.06. The zero-order valence-corrected chi connectivity index (χ0v) is 7.99. The number of hydrogen-bond acceptors (Lipinski definition) is 2. The SMILES string of the molecule is Cc1csc(C)n1.I. The van der Waals surface area contributed by atoms with Crippen LogP contribution in [-0.2, 0) is 0 Å². The molecule has 0 spiro atoms. The fourth-order valence-electron chi connectivity index (χ4n) is 0.472. The van der Waals surface area contributed by atoms with Crippen molar-refractivity contribution in [1.82, 2.24) is 4.98 Å². The summed E-state index contributed by atoms with van der Waals surface area (Å²) < 4.78 is 0. The predicted molar refractivity (Wildman–Crippen MR) is 47.0 cm³/mol. The molecule has 0 aliphatic rings. The first-order chi connectivity index (χ1) is 3.29. The van der Waals surface area contributed by atoms with Crippen molar-refractivity contribution < 1.29 is 0 Å². The highest BCUT2D eigenvalue weighted by Gasteiger charge is 1.85. The summed E-state index contributed by atoms with van der Waals surface area (Å²) in [7, 11) is 0. The van der Waals surface area contributed by atoms with E-state index < -0.39 is 0 Å². The van der Waals surface area contributed by atoms with Crippen molar-refractivity contribution in [2.24, 2.45) is 0 Å². The molecule has 0 amide bonds. The average Bonchev–Trinajstić information content (AvgIpc) is 1.87. The summed E-state index contributed by atoms with van der Waals surface area (Å²) in [6.07, 6.45) is 0. The summed E-state index contributed by atoms with van der Waals surface area (Å²) in [6, 6.07) is 0. The van der Waals surface area contributed by atoms with E-state index in [0.29, 0.717) is 0 Å². The molecule has 1 nitrogen and oxygen atoms in total. The van der Waals surface area contributed by atoms with E-state index in [1.165, 1.54) is 0 Å². The number of halogens is 1. The monoisotopic (exact) mass is 241 g/mol. The normalized spacial score (nSPS) is 8.25. The van der Waals surface area contributed by atoms with Gasteiger partial charge in [-0.15, -0.1) is 35.3 Å². The second-order valence-corrected chi connectivity index (χ2v) is 2.57. The van der Waals surface area contributed by atoms with Gasteiger partial charge in [0, 0.05) is 11.1 Å². The van der Waals surface area contributed by atoms with Gasteiger partial charge in [-0.1, -0.05) is 0 Å². The minimum absolute atomic E-state index is 0. The third kappa shape index (κ3) is 2.09. The minimum Gasteiger partial charge on any atom is -0.247 e. The lowest BCUT2D eigenvalue weighted by Crippen LogP contribution is -1.67. The van der Waals surface area contributed by atoms with Gasteiger partial charge in [-0.3, -0.25) is 0 Å². The second kappa shape index (κ2) is 3.40. The summed E-state index contributed by atoms with van der Waals surface area (Å²) in [5, 5.41) is 3.20. The van der Waals surface area contributed by atoms with Crippen molar-refractivity contribution in [1.29, 1.82) is 0 Å². The van der Waals surface area contributed by atoms with E-state index in [1.54, 1.807) is 11.3 Å². The molecule has 1 aromatic rings. The maximum atomic E-state index is 4.13. The van der Waals surface area contributed by atoms with Crippen LogP contribution in [0.4, 0.5) is 0 Å². The number of nitrogens with zero attached hydrogens (tertiary/aromatic N) is 1. The quantitative estimate of drug-likeness (QED) is 0.635. The van der Waals surface area contributed by atoms with Crippen molar-refractivity contribution in [3.05, 3.63) is 16.1 Å². The van der Waals surface area contributed by atoms with Gasteiger partial charge in [-0.05, 0) is 13.8 Å². The van der Waals surface area contributed by atoms with Crippen LogP contribution in [0.15, 0.2) is 5.38 Å². The molecule has 3 heteroatoms. The van der Waals surface area contributed by atoms with Crippen LogP contribution in [0.25, 0.3) is 0 Å². The molecule has 0 aliphatic carbocycles. The number of aromatic nitrogens is 1. The highest BCUT2D eigenvalue weighted by Crippen LogP contribution is 2.04. The first-order valence-electron chi connectivity index (χ1n) is 2.18. The van der Waals surface area contributed by atoms with E-state index in [0.717, 1.165) is 10.7 Å². The first kappa shape index (κ1) is 8.36. The van der Waals surface area contributed by atoms with Crippen molar-refractivity contribution in [2.45, 2.75) is 13.8 Å². The lowest BCUT2D eigenvalue weighted by Gasteiger charge is -1.71. The second-order valence-electron chi connectivity index (χ2n) is 1.51. The molecular formula is C5H8INS. The summed E-state index contributed by atoms with van der Waals surface area (Å²) in [5.74, 6) is 0. The Labute approximate surface area is 70.2 Å². The Kier molecular flexibility index (Phi) is 3.55. The standard InChI is InChI=1S/C5H7NS.HI/c1-4-3-7-5(2)6-4;/h3H,1-2H3;1H. The van der Waals surface area contributed by atoms with Crippen molar-refractivity contribution in [3.63, 3.8) is 0 Å². The van der Waals surface area contributed by atoms with Crippen LogP contribution in [0.5, 0.6) is 0 Å². The van der Waals surface area contributed by atoms with Gasteiger partial charge in [0.15, 0.2) is 0 Å². The summed E-state index contributed by atoms with van der Waals surface area (Å²) in [6.45, 7) is 4.02. The predicted octanol–water partition coefficient (Wildman–Crippen LogP) is 2.38. The van der Waals surface area contributed by atoms with Crippen LogP contribution in [0.2, 0.25) is 0 Å². The largest absolute Gasteiger partial charge is 0.247 e. The number of aryl methyl sites for hydroxylation is 2. The molecule has 0 aromatic carbocycles. The number of hydrogen-bond donors (Lipinski definition) is 0. The Balaban J connectivity index is 0.000000490. The fraction of sp³-hybridized carbons (Fsp3) is 0.400. The Hall–Kier alpha value is 0.360. The van der Waals surface area contributed by atoms with Gasteiger partial charge in [-0.2, -0.15) is 0 Å².